The Morgan fingerprint density at radius 1 is 1.30 bits per heavy atom. The van der Waals surface area contributed by atoms with E-state index in [4.69, 9.17) is 16.3 Å². The Morgan fingerprint density at radius 3 is 2.40 bits per heavy atom. The van der Waals surface area contributed by atoms with Crippen molar-refractivity contribution in [1.82, 2.24) is 0 Å². The fourth-order valence-electron chi connectivity index (χ4n) is 0.740. The number of halogens is 1. The Balaban J connectivity index is 2.75. The maximum Gasteiger partial charge on any atom is 0.156 e. The van der Waals surface area contributed by atoms with Crippen LogP contribution in [-0.4, -0.2) is 7.11 Å². The molecule has 1 atom stereocenters. The fourth-order valence-corrected chi connectivity index (χ4v) is 0.886. The first-order valence-electron chi connectivity index (χ1n) is 3.06. The molecular formula is C8H9ClO. The molecule has 0 aromatic heterocycles. The molecule has 1 nitrogen and oxygen atoms in total. The highest BCUT2D eigenvalue weighted by Crippen LogP contribution is 2.19. The number of ether oxygens (including phenoxy) is 1. The highest BCUT2D eigenvalue weighted by molar-refractivity contribution is 6.19. The van der Waals surface area contributed by atoms with Crippen LogP contribution in [0.1, 0.15) is 11.1 Å². The summed E-state index contributed by atoms with van der Waals surface area (Å²) in [7, 11) is 1.59. The van der Waals surface area contributed by atoms with Crippen molar-refractivity contribution in [3.05, 3.63) is 35.9 Å². The van der Waals surface area contributed by atoms with Crippen LogP contribution >= 0.6 is 11.6 Å². The highest BCUT2D eigenvalue weighted by atomic mass is 35.5. The molecule has 0 heterocycles. The van der Waals surface area contributed by atoms with Gasteiger partial charge in [0.1, 0.15) is 0 Å². The van der Waals surface area contributed by atoms with Gasteiger partial charge in [-0.05, 0) is 5.56 Å². The van der Waals surface area contributed by atoms with Crippen LogP contribution in [0.5, 0.6) is 0 Å². The van der Waals surface area contributed by atoms with E-state index in [2.05, 4.69) is 0 Å². The third-order valence-electron chi connectivity index (χ3n) is 1.27. The van der Waals surface area contributed by atoms with Gasteiger partial charge < -0.3 is 4.74 Å². The maximum atomic E-state index is 5.77. The van der Waals surface area contributed by atoms with Crippen LogP contribution in [0.4, 0.5) is 0 Å². The minimum absolute atomic E-state index is 0.318. The lowest BCUT2D eigenvalue weighted by molar-refractivity contribution is 0.170. The molecule has 0 bridgehead atoms. The van der Waals surface area contributed by atoms with E-state index < -0.39 is 0 Å². The molecule has 0 radical (unpaired) electrons. The maximum absolute atomic E-state index is 5.77. The predicted molar refractivity (Wildman–Crippen MR) is 42.0 cm³/mol. The second-order valence-corrected chi connectivity index (χ2v) is 2.36. The topological polar surface area (TPSA) is 9.23 Å². The Kier molecular flexibility index (Phi) is 2.72. The Hall–Kier alpha value is -0.530. The van der Waals surface area contributed by atoms with Crippen LogP contribution in [-0.2, 0) is 4.74 Å². The van der Waals surface area contributed by atoms with Crippen LogP contribution < -0.4 is 0 Å². The van der Waals surface area contributed by atoms with E-state index in [9.17, 15) is 0 Å². The molecule has 0 saturated heterocycles. The summed E-state index contributed by atoms with van der Waals surface area (Å²) in [5, 5.41) is 0. The van der Waals surface area contributed by atoms with E-state index in [1.54, 1.807) is 7.11 Å². The van der Waals surface area contributed by atoms with E-state index in [1.807, 2.05) is 30.3 Å². The van der Waals surface area contributed by atoms with E-state index in [0.29, 0.717) is 0 Å². The second kappa shape index (κ2) is 3.59. The molecule has 54 valence electrons. The van der Waals surface area contributed by atoms with E-state index in [0.717, 1.165) is 5.56 Å². The smallest absolute Gasteiger partial charge is 0.156 e. The average Bonchev–Trinajstić information content (AvgIpc) is 2.05. The van der Waals surface area contributed by atoms with Crippen LogP contribution in [0.25, 0.3) is 0 Å². The van der Waals surface area contributed by atoms with E-state index >= 15 is 0 Å². The molecule has 1 rings (SSSR count). The van der Waals surface area contributed by atoms with Crippen molar-refractivity contribution in [2.45, 2.75) is 5.56 Å². The third-order valence-corrected chi connectivity index (χ3v) is 1.70. The predicted octanol–water partition coefficient (Wildman–Crippen LogP) is 2.57. The highest BCUT2D eigenvalue weighted by Gasteiger charge is 2.02. The molecular weight excluding hydrogens is 148 g/mol. The zero-order chi connectivity index (χ0) is 7.40. The third kappa shape index (κ3) is 1.72. The summed E-state index contributed by atoms with van der Waals surface area (Å²) in [6, 6.07) is 9.68. The minimum atomic E-state index is -0.318. The first-order valence-corrected chi connectivity index (χ1v) is 3.50. The first-order chi connectivity index (χ1) is 4.84. The van der Waals surface area contributed by atoms with Gasteiger partial charge in [0.2, 0.25) is 0 Å². The van der Waals surface area contributed by atoms with E-state index in [-0.39, 0.29) is 5.56 Å². The van der Waals surface area contributed by atoms with Crippen LogP contribution in [0.3, 0.4) is 0 Å². The molecule has 1 aromatic rings. The number of rotatable bonds is 2. The number of alkyl halides is 1. The molecule has 0 spiro atoms. The molecule has 0 aliphatic rings. The van der Waals surface area contributed by atoms with Crippen molar-refractivity contribution in [1.29, 1.82) is 0 Å². The molecule has 0 aliphatic heterocycles. The van der Waals surface area contributed by atoms with Gasteiger partial charge in [-0.2, -0.15) is 0 Å². The van der Waals surface area contributed by atoms with Crippen molar-refractivity contribution in [2.75, 3.05) is 7.11 Å². The van der Waals surface area contributed by atoms with Crippen molar-refractivity contribution in [3.8, 4) is 0 Å². The SMILES string of the molecule is CO[C@@H](Cl)c1ccccc1. The van der Waals surface area contributed by atoms with Gasteiger partial charge in [-0.3, -0.25) is 0 Å². The van der Waals surface area contributed by atoms with Crippen LogP contribution in [0.15, 0.2) is 30.3 Å². The van der Waals surface area contributed by atoms with Crippen molar-refractivity contribution in [2.24, 2.45) is 0 Å². The van der Waals surface area contributed by atoms with Gasteiger partial charge >= 0.3 is 0 Å². The lowest BCUT2D eigenvalue weighted by Gasteiger charge is -2.05. The van der Waals surface area contributed by atoms with Gasteiger partial charge in [-0.25, -0.2) is 0 Å². The normalized spacial score (nSPS) is 13.0. The van der Waals surface area contributed by atoms with Crippen molar-refractivity contribution < 1.29 is 4.74 Å². The summed E-state index contributed by atoms with van der Waals surface area (Å²) >= 11 is 5.77. The van der Waals surface area contributed by atoms with Gasteiger partial charge in [0.15, 0.2) is 5.56 Å². The van der Waals surface area contributed by atoms with E-state index in [1.165, 1.54) is 0 Å². The molecule has 2 heteroatoms. The average molecular weight is 157 g/mol. The molecule has 0 fully saturated rings. The molecule has 0 N–H and O–H groups in total. The van der Waals surface area contributed by atoms with Gasteiger partial charge in [0, 0.05) is 7.11 Å². The van der Waals surface area contributed by atoms with Crippen LogP contribution in [0, 0.1) is 0 Å². The van der Waals surface area contributed by atoms with Crippen molar-refractivity contribution in [3.63, 3.8) is 0 Å². The Labute approximate surface area is 65.6 Å². The zero-order valence-electron chi connectivity index (χ0n) is 5.75. The summed E-state index contributed by atoms with van der Waals surface area (Å²) in [5.41, 5.74) is 0.674. The van der Waals surface area contributed by atoms with Gasteiger partial charge in [0.05, 0.1) is 0 Å². The Bertz CT molecular complexity index is 186. The van der Waals surface area contributed by atoms with Gasteiger partial charge in [0.25, 0.3) is 0 Å². The molecule has 0 unspecified atom stereocenters. The number of hydrogen-bond acceptors (Lipinski definition) is 1. The molecule has 1 aromatic carbocycles. The quantitative estimate of drug-likeness (QED) is 0.598. The number of methoxy groups -OCH3 is 1. The summed E-state index contributed by atoms with van der Waals surface area (Å²) in [6.45, 7) is 0. The van der Waals surface area contributed by atoms with Gasteiger partial charge in [-0.1, -0.05) is 41.9 Å². The summed E-state index contributed by atoms with van der Waals surface area (Å²) in [5.74, 6) is 0. The zero-order valence-corrected chi connectivity index (χ0v) is 6.51. The summed E-state index contributed by atoms with van der Waals surface area (Å²) in [6.07, 6.45) is 0. The number of hydrogen-bond donors (Lipinski definition) is 0. The second-order valence-electron chi connectivity index (χ2n) is 1.96. The number of benzene rings is 1. The van der Waals surface area contributed by atoms with Crippen LogP contribution in [0.2, 0.25) is 0 Å². The summed E-state index contributed by atoms with van der Waals surface area (Å²) in [4.78, 5) is 0. The molecule has 0 aliphatic carbocycles. The fraction of sp³-hybridized carbons (Fsp3) is 0.250. The molecule has 10 heavy (non-hydrogen) atoms. The monoisotopic (exact) mass is 156 g/mol. The largest absolute Gasteiger partial charge is 0.361 e. The molecule has 0 amide bonds. The standard InChI is InChI=1S/C8H9ClO/c1-10-8(9)7-5-3-2-4-6-7/h2-6,8H,1H3/t8-/m1/s1. The lowest BCUT2D eigenvalue weighted by atomic mass is 10.2. The van der Waals surface area contributed by atoms with Gasteiger partial charge in [-0.15, -0.1) is 0 Å². The Morgan fingerprint density at radius 2 is 1.90 bits per heavy atom. The lowest BCUT2D eigenvalue weighted by Crippen LogP contribution is -1.90. The minimum Gasteiger partial charge on any atom is -0.361 e. The van der Waals surface area contributed by atoms with Crippen molar-refractivity contribution >= 4 is 11.6 Å². The first kappa shape index (κ1) is 7.58. The molecule has 0 saturated carbocycles. The summed E-state index contributed by atoms with van der Waals surface area (Å²) < 4.78 is 4.90.